The number of rotatable bonds is 3. The Balaban J connectivity index is 2.02. The summed E-state index contributed by atoms with van der Waals surface area (Å²) in [4.78, 5) is 29.4. The summed E-state index contributed by atoms with van der Waals surface area (Å²) in [5, 5.41) is 0.628. The molecule has 3 rings (SSSR count). The molecule has 2 aromatic rings. The Morgan fingerprint density at radius 2 is 2.17 bits per heavy atom. The number of pyridine rings is 1. The number of aromatic amines is 1. The maximum absolute atomic E-state index is 12.9. The molecule has 0 radical (unpaired) electrons. The third-order valence-electron chi connectivity index (χ3n) is 5.01. The van der Waals surface area contributed by atoms with Crippen LogP contribution in [0.4, 0.5) is 0 Å². The Morgan fingerprint density at radius 3 is 2.87 bits per heavy atom. The third-order valence-corrected chi connectivity index (χ3v) is 5.01. The van der Waals surface area contributed by atoms with Gasteiger partial charge in [0.15, 0.2) is 11.2 Å². The smallest absolute Gasteiger partial charge is 0.198 e. The molecule has 1 fully saturated rings. The summed E-state index contributed by atoms with van der Waals surface area (Å²) in [6.45, 7) is 8.83. The Labute approximate surface area is 136 Å². The van der Waals surface area contributed by atoms with Crippen molar-refractivity contribution in [2.75, 3.05) is 13.1 Å². The summed E-state index contributed by atoms with van der Waals surface area (Å²) >= 11 is 0. The van der Waals surface area contributed by atoms with Crippen LogP contribution in [0.25, 0.3) is 10.9 Å². The number of H-pyrrole nitrogens is 1. The fraction of sp³-hybridized carbons (Fsp3) is 0.474. The minimum Gasteiger partial charge on any atom is -0.358 e. The van der Waals surface area contributed by atoms with Crippen LogP contribution in [0.5, 0.6) is 0 Å². The predicted molar refractivity (Wildman–Crippen MR) is 92.1 cm³/mol. The van der Waals surface area contributed by atoms with Gasteiger partial charge in [-0.2, -0.15) is 0 Å². The number of aromatic nitrogens is 1. The number of piperidine rings is 1. The van der Waals surface area contributed by atoms with Gasteiger partial charge in [0.2, 0.25) is 0 Å². The number of hydrogen-bond acceptors (Lipinski definition) is 2. The van der Waals surface area contributed by atoms with Crippen LogP contribution >= 0.6 is 0 Å². The van der Waals surface area contributed by atoms with E-state index < -0.39 is 0 Å². The van der Waals surface area contributed by atoms with Gasteiger partial charge in [-0.1, -0.05) is 6.92 Å². The van der Waals surface area contributed by atoms with E-state index in [4.69, 9.17) is 0 Å². The normalized spacial score (nSPS) is 21.5. The van der Waals surface area contributed by atoms with Gasteiger partial charge < -0.3 is 9.88 Å². The maximum atomic E-state index is 12.9. The second-order valence-corrected chi connectivity index (χ2v) is 7.00. The lowest BCUT2D eigenvalue weighted by atomic mass is 9.99. The van der Waals surface area contributed by atoms with Crippen molar-refractivity contribution in [3.05, 3.63) is 45.2 Å². The first-order valence-corrected chi connectivity index (χ1v) is 8.45. The van der Waals surface area contributed by atoms with Crippen LogP contribution in [-0.4, -0.2) is 23.9 Å². The molecular formula is C19H25N2O2+. The van der Waals surface area contributed by atoms with E-state index >= 15 is 0 Å². The van der Waals surface area contributed by atoms with Gasteiger partial charge >= 0.3 is 0 Å². The van der Waals surface area contributed by atoms with Crippen molar-refractivity contribution in [2.45, 2.75) is 40.2 Å². The van der Waals surface area contributed by atoms with Gasteiger partial charge in [0.1, 0.15) is 6.54 Å². The molecule has 4 heteroatoms. The van der Waals surface area contributed by atoms with E-state index in [1.54, 1.807) is 12.1 Å². The van der Waals surface area contributed by atoms with Gasteiger partial charge in [0.25, 0.3) is 0 Å². The summed E-state index contributed by atoms with van der Waals surface area (Å²) in [7, 11) is 0. The Morgan fingerprint density at radius 1 is 1.39 bits per heavy atom. The highest BCUT2D eigenvalue weighted by Gasteiger charge is 2.22. The standard InChI is InChI=1S/C19H24N2O2/c1-12-5-4-8-21(10-12)11-17-13(2)20-18-7-6-15(14(3)22)9-16(18)19(17)23/h6-7,9,12H,4-5,8,10-11H2,1-3H3,(H,20,23)/p+1. The highest BCUT2D eigenvalue weighted by Crippen LogP contribution is 2.14. The van der Waals surface area contributed by atoms with Gasteiger partial charge in [-0.25, -0.2) is 0 Å². The first kappa shape index (κ1) is 15.9. The zero-order valence-electron chi connectivity index (χ0n) is 14.2. The molecule has 2 heterocycles. The third kappa shape index (κ3) is 3.22. The van der Waals surface area contributed by atoms with E-state index in [2.05, 4.69) is 11.9 Å². The van der Waals surface area contributed by atoms with Crippen molar-refractivity contribution in [2.24, 2.45) is 5.92 Å². The lowest BCUT2D eigenvalue weighted by Gasteiger charge is -2.28. The highest BCUT2D eigenvalue weighted by atomic mass is 16.1. The monoisotopic (exact) mass is 313 g/mol. The fourth-order valence-corrected chi connectivity index (χ4v) is 3.69. The lowest BCUT2D eigenvalue weighted by Crippen LogP contribution is -3.12. The summed E-state index contributed by atoms with van der Waals surface area (Å²) in [6.07, 6.45) is 2.52. The SMILES string of the molecule is CC(=O)c1ccc2[nH]c(C)c(C[NH+]3CCCC(C)C3)c(=O)c2c1. The minimum absolute atomic E-state index is 0.0103. The van der Waals surface area contributed by atoms with Crippen LogP contribution in [0.15, 0.2) is 23.0 Å². The molecule has 1 aromatic carbocycles. The molecular weight excluding hydrogens is 288 g/mol. The highest BCUT2D eigenvalue weighted by molar-refractivity contribution is 5.97. The van der Waals surface area contributed by atoms with Crippen molar-refractivity contribution in [3.63, 3.8) is 0 Å². The van der Waals surface area contributed by atoms with Gasteiger partial charge in [-0.05, 0) is 44.9 Å². The molecule has 0 bridgehead atoms. The van der Waals surface area contributed by atoms with E-state index in [0.29, 0.717) is 10.9 Å². The number of likely N-dealkylation sites (tertiary alicyclic amines) is 1. The van der Waals surface area contributed by atoms with Crippen LogP contribution in [0, 0.1) is 12.8 Å². The number of Topliss-reactive ketones (excluding diaryl/α,β-unsaturated/α-hetero) is 1. The van der Waals surface area contributed by atoms with Crippen LogP contribution in [0.2, 0.25) is 0 Å². The number of quaternary nitrogens is 1. The summed E-state index contributed by atoms with van der Waals surface area (Å²) in [5.74, 6) is 0.715. The molecule has 4 nitrogen and oxygen atoms in total. The van der Waals surface area contributed by atoms with E-state index in [9.17, 15) is 9.59 Å². The van der Waals surface area contributed by atoms with Crippen LogP contribution in [0.3, 0.4) is 0 Å². The molecule has 1 saturated heterocycles. The van der Waals surface area contributed by atoms with Crippen molar-refractivity contribution >= 4 is 16.7 Å². The first-order chi connectivity index (χ1) is 11.0. The zero-order valence-corrected chi connectivity index (χ0v) is 14.2. The number of hydrogen-bond donors (Lipinski definition) is 2. The number of ketones is 1. The van der Waals surface area contributed by atoms with Crippen molar-refractivity contribution in [1.82, 2.24) is 4.98 Å². The number of carbonyl (C=O) groups excluding carboxylic acids is 1. The van der Waals surface area contributed by atoms with Crippen LogP contribution in [0.1, 0.15) is 48.3 Å². The second kappa shape index (κ2) is 6.28. The minimum atomic E-state index is -0.0103. The van der Waals surface area contributed by atoms with Crippen molar-refractivity contribution in [1.29, 1.82) is 0 Å². The fourth-order valence-electron chi connectivity index (χ4n) is 3.69. The van der Waals surface area contributed by atoms with Crippen molar-refractivity contribution in [3.8, 4) is 0 Å². The molecule has 0 saturated carbocycles. The predicted octanol–water partition coefficient (Wildman–Crippen LogP) is 1.85. The van der Waals surface area contributed by atoms with Gasteiger partial charge in [0.05, 0.1) is 18.7 Å². The lowest BCUT2D eigenvalue weighted by molar-refractivity contribution is -0.922. The maximum Gasteiger partial charge on any atom is 0.198 e. The number of fused-ring (bicyclic) bond motifs is 1. The molecule has 1 aliphatic rings. The van der Waals surface area contributed by atoms with E-state index in [1.807, 2.05) is 13.0 Å². The van der Waals surface area contributed by atoms with Gasteiger partial charge in [-0.15, -0.1) is 0 Å². The molecule has 0 spiro atoms. The molecule has 122 valence electrons. The van der Waals surface area contributed by atoms with Gasteiger partial charge in [-0.3, -0.25) is 9.59 Å². The Kier molecular flexibility index (Phi) is 4.35. The van der Waals surface area contributed by atoms with Crippen LogP contribution in [-0.2, 0) is 6.54 Å². The average Bonchev–Trinajstić information content (AvgIpc) is 2.51. The zero-order chi connectivity index (χ0) is 16.6. The number of aryl methyl sites for hydroxylation is 1. The van der Waals surface area contributed by atoms with E-state index in [0.717, 1.165) is 42.3 Å². The second-order valence-electron chi connectivity index (χ2n) is 7.00. The average molecular weight is 313 g/mol. The first-order valence-electron chi connectivity index (χ1n) is 8.45. The largest absolute Gasteiger partial charge is 0.358 e. The Bertz CT molecular complexity index is 807. The van der Waals surface area contributed by atoms with Gasteiger partial charge in [0, 0.05) is 28.1 Å². The summed E-state index contributed by atoms with van der Waals surface area (Å²) in [5.41, 5.74) is 3.29. The summed E-state index contributed by atoms with van der Waals surface area (Å²) in [6, 6.07) is 5.34. The van der Waals surface area contributed by atoms with Crippen LogP contribution < -0.4 is 10.3 Å². The number of benzene rings is 1. The molecule has 0 aliphatic carbocycles. The number of nitrogens with one attached hydrogen (secondary N) is 2. The molecule has 1 aromatic heterocycles. The topological polar surface area (TPSA) is 54.4 Å². The van der Waals surface area contributed by atoms with E-state index in [1.165, 1.54) is 24.7 Å². The molecule has 1 aliphatic heterocycles. The summed E-state index contributed by atoms with van der Waals surface area (Å²) < 4.78 is 0. The molecule has 2 unspecified atom stereocenters. The molecule has 2 atom stereocenters. The van der Waals surface area contributed by atoms with E-state index in [-0.39, 0.29) is 11.2 Å². The molecule has 2 N–H and O–H groups in total. The molecule has 23 heavy (non-hydrogen) atoms. The number of carbonyl (C=O) groups is 1. The Hall–Kier alpha value is -1.94. The molecule has 0 amide bonds. The van der Waals surface area contributed by atoms with Crippen molar-refractivity contribution < 1.29 is 9.69 Å². The quantitative estimate of drug-likeness (QED) is 0.850.